The molecule has 0 spiro atoms. The molecule has 3 heterocycles. The molecule has 2 aliphatic rings. The van der Waals surface area contributed by atoms with Crippen LogP contribution < -0.4 is 5.76 Å². The number of benzene rings is 1. The fourth-order valence-electron chi connectivity index (χ4n) is 4.71. The number of fused-ring (bicyclic) bond motifs is 2. The zero-order valence-corrected chi connectivity index (χ0v) is 15.1. The van der Waals surface area contributed by atoms with Gasteiger partial charge in [-0.3, -0.25) is 14.3 Å². The number of likely N-dealkylation sites (tertiary alicyclic amines) is 2. The molecular formula is C19H25N3O4. The first-order valence-electron chi connectivity index (χ1n) is 9.26. The van der Waals surface area contributed by atoms with E-state index in [9.17, 15) is 14.7 Å². The van der Waals surface area contributed by atoms with Crippen LogP contribution in [0.1, 0.15) is 19.3 Å². The van der Waals surface area contributed by atoms with Gasteiger partial charge in [-0.2, -0.15) is 0 Å². The number of hydrogen-bond donors (Lipinski definition) is 1. The number of aromatic nitrogens is 1. The Balaban J connectivity index is 1.49. The number of rotatable bonds is 4. The molecule has 0 radical (unpaired) electrons. The number of oxazole rings is 1. The Kier molecular flexibility index (Phi) is 4.36. The molecule has 0 amide bonds. The van der Waals surface area contributed by atoms with Gasteiger partial charge >= 0.3 is 11.7 Å². The van der Waals surface area contributed by atoms with Gasteiger partial charge in [0, 0.05) is 25.7 Å². The van der Waals surface area contributed by atoms with Crippen LogP contribution in [-0.4, -0.2) is 64.7 Å². The summed E-state index contributed by atoms with van der Waals surface area (Å²) in [5.74, 6) is -0.997. The van der Waals surface area contributed by atoms with Gasteiger partial charge in [0.25, 0.3) is 0 Å². The van der Waals surface area contributed by atoms with E-state index >= 15 is 0 Å². The van der Waals surface area contributed by atoms with Gasteiger partial charge in [-0.05, 0) is 51.5 Å². The standard InChI is InChI=1S/C19H25N3O4/c1-20-9-4-7-19(17(23)24)8-10-21(13-16(19)20)11-12-22-14-5-2-3-6-15(14)26-18(22)25/h2-3,5-6,16H,4,7-13H2,1H3,(H,23,24)/t16-,19+/m1/s1. The quantitative estimate of drug-likeness (QED) is 0.891. The van der Waals surface area contributed by atoms with Crippen LogP contribution in [0.4, 0.5) is 0 Å². The van der Waals surface area contributed by atoms with Gasteiger partial charge in [-0.1, -0.05) is 12.1 Å². The summed E-state index contributed by atoms with van der Waals surface area (Å²) in [6, 6.07) is 7.46. The van der Waals surface area contributed by atoms with E-state index in [0.29, 0.717) is 25.1 Å². The Hall–Kier alpha value is -2.12. The summed E-state index contributed by atoms with van der Waals surface area (Å²) in [7, 11) is 2.03. The Morgan fingerprint density at radius 2 is 2.08 bits per heavy atom. The number of para-hydroxylation sites is 2. The third-order valence-electron chi connectivity index (χ3n) is 6.25. The maximum Gasteiger partial charge on any atom is 0.419 e. The van der Waals surface area contributed by atoms with Crippen molar-refractivity contribution in [3.63, 3.8) is 0 Å². The van der Waals surface area contributed by atoms with Crippen molar-refractivity contribution in [1.29, 1.82) is 0 Å². The second kappa shape index (κ2) is 6.55. The maximum atomic E-state index is 12.1. The summed E-state index contributed by atoms with van der Waals surface area (Å²) in [5.41, 5.74) is 0.792. The molecule has 2 saturated heterocycles. The number of nitrogens with zero attached hydrogens (tertiary/aromatic N) is 3. The van der Waals surface area contributed by atoms with Crippen LogP contribution in [0.3, 0.4) is 0 Å². The molecule has 0 bridgehead atoms. The minimum absolute atomic E-state index is 0.0281. The van der Waals surface area contributed by atoms with Crippen LogP contribution in [0, 0.1) is 5.41 Å². The van der Waals surface area contributed by atoms with Crippen molar-refractivity contribution >= 4 is 17.1 Å². The van der Waals surface area contributed by atoms with Crippen LogP contribution in [0.2, 0.25) is 0 Å². The third kappa shape index (κ3) is 2.75. The second-order valence-corrected chi connectivity index (χ2v) is 7.60. The average molecular weight is 359 g/mol. The van der Waals surface area contributed by atoms with Gasteiger partial charge < -0.3 is 14.4 Å². The SMILES string of the molecule is CN1CCC[C@]2(C(=O)O)CCN(CCn3c(=O)oc4ccccc43)C[C@@H]12. The van der Waals surface area contributed by atoms with Crippen molar-refractivity contribution in [1.82, 2.24) is 14.4 Å². The summed E-state index contributed by atoms with van der Waals surface area (Å²) < 4.78 is 6.96. The van der Waals surface area contributed by atoms with E-state index in [1.165, 1.54) is 0 Å². The maximum absolute atomic E-state index is 12.1. The first-order valence-corrected chi connectivity index (χ1v) is 9.26. The number of hydrogen-bond acceptors (Lipinski definition) is 5. The van der Waals surface area contributed by atoms with E-state index in [1.807, 2.05) is 25.2 Å². The Morgan fingerprint density at radius 1 is 1.27 bits per heavy atom. The van der Waals surface area contributed by atoms with Crippen molar-refractivity contribution in [3.8, 4) is 0 Å². The van der Waals surface area contributed by atoms with E-state index in [-0.39, 0.29) is 11.8 Å². The fraction of sp³-hybridized carbons (Fsp3) is 0.579. The summed E-state index contributed by atoms with van der Waals surface area (Å²) in [4.78, 5) is 28.6. The number of carbonyl (C=O) groups is 1. The highest BCUT2D eigenvalue weighted by Crippen LogP contribution is 2.42. The molecule has 2 fully saturated rings. The lowest BCUT2D eigenvalue weighted by molar-refractivity contribution is -0.162. The molecule has 1 aromatic carbocycles. The first kappa shape index (κ1) is 17.3. The molecule has 0 saturated carbocycles. The normalized spacial score (nSPS) is 27.5. The Morgan fingerprint density at radius 3 is 2.88 bits per heavy atom. The van der Waals surface area contributed by atoms with Gasteiger partial charge in [0.1, 0.15) is 0 Å². The Bertz CT molecular complexity index is 873. The highest BCUT2D eigenvalue weighted by Gasteiger charge is 2.52. The molecule has 2 atom stereocenters. The molecule has 0 unspecified atom stereocenters. The number of likely N-dealkylation sites (N-methyl/N-ethyl adjacent to an activating group) is 1. The molecule has 0 aliphatic carbocycles. The smallest absolute Gasteiger partial charge is 0.419 e. The summed E-state index contributed by atoms with van der Waals surface area (Å²) in [6.07, 6.45) is 2.37. The van der Waals surface area contributed by atoms with Crippen molar-refractivity contribution in [2.24, 2.45) is 5.41 Å². The van der Waals surface area contributed by atoms with Crippen molar-refractivity contribution < 1.29 is 14.3 Å². The van der Waals surface area contributed by atoms with Crippen LogP contribution >= 0.6 is 0 Å². The van der Waals surface area contributed by atoms with Crippen LogP contribution in [-0.2, 0) is 11.3 Å². The van der Waals surface area contributed by atoms with Gasteiger partial charge in [-0.25, -0.2) is 4.79 Å². The second-order valence-electron chi connectivity index (χ2n) is 7.60. The third-order valence-corrected chi connectivity index (χ3v) is 6.25. The van der Waals surface area contributed by atoms with E-state index in [4.69, 9.17) is 4.42 Å². The number of carboxylic acids is 1. The van der Waals surface area contributed by atoms with E-state index in [0.717, 1.165) is 38.0 Å². The number of aliphatic carboxylic acids is 1. The molecular weight excluding hydrogens is 334 g/mol. The predicted octanol–water partition coefficient (Wildman–Crippen LogP) is 1.47. The molecule has 1 N–H and O–H groups in total. The zero-order valence-electron chi connectivity index (χ0n) is 15.1. The van der Waals surface area contributed by atoms with Crippen molar-refractivity contribution in [3.05, 3.63) is 34.8 Å². The molecule has 2 aromatic rings. The number of carboxylic acid groups (broad SMARTS) is 1. The molecule has 26 heavy (non-hydrogen) atoms. The highest BCUT2D eigenvalue weighted by atomic mass is 16.4. The molecule has 4 rings (SSSR count). The van der Waals surface area contributed by atoms with Crippen LogP contribution in [0.5, 0.6) is 0 Å². The van der Waals surface area contributed by atoms with E-state index < -0.39 is 11.4 Å². The molecule has 140 valence electrons. The topological polar surface area (TPSA) is 78.9 Å². The average Bonchev–Trinajstić information content (AvgIpc) is 2.95. The van der Waals surface area contributed by atoms with Gasteiger partial charge in [-0.15, -0.1) is 0 Å². The largest absolute Gasteiger partial charge is 0.481 e. The number of piperidine rings is 2. The van der Waals surface area contributed by atoms with Crippen LogP contribution in [0.15, 0.2) is 33.5 Å². The Labute approximate surface area is 151 Å². The lowest BCUT2D eigenvalue weighted by atomic mass is 9.68. The summed E-state index contributed by atoms with van der Waals surface area (Å²) in [6.45, 7) is 3.68. The first-order chi connectivity index (χ1) is 12.5. The van der Waals surface area contributed by atoms with Gasteiger partial charge in [0.05, 0.1) is 10.9 Å². The minimum Gasteiger partial charge on any atom is -0.481 e. The van der Waals surface area contributed by atoms with Gasteiger partial charge in [0.2, 0.25) is 0 Å². The highest BCUT2D eigenvalue weighted by molar-refractivity contribution is 5.76. The summed E-state index contributed by atoms with van der Waals surface area (Å²) >= 11 is 0. The monoisotopic (exact) mass is 359 g/mol. The van der Waals surface area contributed by atoms with Crippen molar-refractivity contribution in [2.75, 3.05) is 33.2 Å². The van der Waals surface area contributed by atoms with Gasteiger partial charge in [0.15, 0.2) is 5.58 Å². The summed E-state index contributed by atoms with van der Waals surface area (Å²) in [5, 5.41) is 9.86. The molecule has 2 aliphatic heterocycles. The minimum atomic E-state index is -0.661. The molecule has 1 aromatic heterocycles. The van der Waals surface area contributed by atoms with Crippen molar-refractivity contribution in [2.45, 2.75) is 31.8 Å². The predicted molar refractivity (Wildman–Crippen MR) is 97.3 cm³/mol. The molecule has 7 heteroatoms. The molecule has 7 nitrogen and oxygen atoms in total. The lowest BCUT2D eigenvalue weighted by Gasteiger charge is -2.51. The van der Waals surface area contributed by atoms with E-state index in [1.54, 1.807) is 10.6 Å². The van der Waals surface area contributed by atoms with Crippen LogP contribution in [0.25, 0.3) is 11.1 Å². The zero-order chi connectivity index (χ0) is 18.3. The fourth-order valence-corrected chi connectivity index (χ4v) is 4.71. The van der Waals surface area contributed by atoms with E-state index in [2.05, 4.69) is 9.80 Å². The lowest BCUT2D eigenvalue weighted by Crippen LogP contribution is -2.63.